The van der Waals surface area contributed by atoms with Crippen molar-refractivity contribution < 1.29 is 52.2 Å². The van der Waals surface area contributed by atoms with Gasteiger partial charge in [-0.1, -0.05) is 252 Å². The zero-order valence-corrected chi connectivity index (χ0v) is 51.7. The largest absolute Gasteiger partial charge is 0.472 e. The highest BCUT2D eigenvalue weighted by atomic mass is 31.2. The number of hydrogen-bond donors (Lipinski definition) is 2. The Morgan fingerprint density at radius 3 is 1.01 bits per heavy atom. The molecule has 0 radical (unpaired) electrons. The summed E-state index contributed by atoms with van der Waals surface area (Å²) in [4.78, 5) is 48.7. The maximum Gasteiger partial charge on any atom is 0.472 e. The highest BCUT2D eigenvalue weighted by Gasteiger charge is 2.28. The number of carbonyl (C=O) groups is 3. The Morgan fingerprint density at radius 2 is 0.650 bits per heavy atom. The van der Waals surface area contributed by atoms with E-state index in [1.807, 2.05) is 0 Å². The smallest absolute Gasteiger partial charge is 0.462 e. The van der Waals surface area contributed by atoms with E-state index in [2.05, 4.69) is 130 Å². The van der Waals surface area contributed by atoms with Gasteiger partial charge in [-0.25, -0.2) is 4.57 Å². The molecular formula is C68H115O11P. The maximum absolute atomic E-state index is 13.0. The van der Waals surface area contributed by atoms with Crippen LogP contribution in [0.4, 0.5) is 0 Å². The third kappa shape index (κ3) is 58.8. The molecule has 0 spiro atoms. The van der Waals surface area contributed by atoms with Crippen LogP contribution in [0, 0.1) is 0 Å². The first-order chi connectivity index (χ1) is 39.2. The predicted octanol–water partition coefficient (Wildman–Crippen LogP) is 19.4. The Morgan fingerprint density at radius 1 is 0.362 bits per heavy atom. The van der Waals surface area contributed by atoms with E-state index >= 15 is 0 Å². The average Bonchev–Trinajstić information content (AvgIpc) is 3.45. The second-order valence-corrected chi connectivity index (χ2v) is 22.3. The fourth-order valence-electron chi connectivity index (χ4n) is 8.43. The van der Waals surface area contributed by atoms with Crippen LogP contribution in [0.1, 0.15) is 265 Å². The van der Waals surface area contributed by atoms with Gasteiger partial charge < -0.3 is 24.2 Å². The Labute approximate surface area is 488 Å². The number of carbonyl (C=O) groups excluding carboxylic acids is 3. The van der Waals surface area contributed by atoms with Crippen molar-refractivity contribution in [2.45, 2.75) is 277 Å². The van der Waals surface area contributed by atoms with Gasteiger partial charge in [0.1, 0.15) is 12.7 Å². The average molecular weight is 1140 g/mol. The molecule has 0 heterocycles. The van der Waals surface area contributed by atoms with Crippen LogP contribution in [0.2, 0.25) is 0 Å². The number of hydrogen-bond acceptors (Lipinski definition) is 10. The van der Waals surface area contributed by atoms with Crippen LogP contribution in [-0.2, 0) is 42.2 Å². The molecule has 0 bridgehead atoms. The second-order valence-electron chi connectivity index (χ2n) is 20.8. The lowest BCUT2D eigenvalue weighted by atomic mass is 10.0. The van der Waals surface area contributed by atoms with Crippen molar-refractivity contribution in [2.24, 2.45) is 0 Å². The summed E-state index contributed by atoms with van der Waals surface area (Å²) >= 11 is 0. The van der Waals surface area contributed by atoms with E-state index in [4.69, 9.17) is 23.3 Å². The molecule has 0 aromatic carbocycles. The first-order valence-corrected chi connectivity index (χ1v) is 33.3. The zero-order chi connectivity index (χ0) is 58.3. The number of esters is 3. The van der Waals surface area contributed by atoms with Crippen LogP contribution >= 0.6 is 7.82 Å². The van der Waals surface area contributed by atoms with Gasteiger partial charge >= 0.3 is 25.7 Å². The van der Waals surface area contributed by atoms with E-state index < -0.39 is 57.8 Å². The summed E-state index contributed by atoms with van der Waals surface area (Å²) in [6.45, 7) is 4.39. The molecule has 12 heteroatoms. The Balaban J connectivity index is 4.80. The molecule has 0 aliphatic heterocycles. The normalized spacial score (nSPS) is 14.0. The van der Waals surface area contributed by atoms with Crippen LogP contribution in [0.25, 0.3) is 0 Å². The van der Waals surface area contributed by atoms with Crippen molar-refractivity contribution in [1.82, 2.24) is 0 Å². The molecule has 458 valence electrons. The van der Waals surface area contributed by atoms with Crippen LogP contribution in [-0.4, -0.2) is 66.5 Å². The quantitative estimate of drug-likeness (QED) is 0.0197. The van der Waals surface area contributed by atoms with Gasteiger partial charge in [0.25, 0.3) is 0 Å². The zero-order valence-electron chi connectivity index (χ0n) is 50.8. The van der Waals surface area contributed by atoms with Crippen LogP contribution in [0.3, 0.4) is 0 Å². The molecule has 0 saturated carbocycles. The van der Waals surface area contributed by atoms with Gasteiger partial charge in [-0.15, -0.1) is 0 Å². The highest BCUT2D eigenvalue weighted by Crippen LogP contribution is 2.43. The highest BCUT2D eigenvalue weighted by molar-refractivity contribution is 7.47. The molecule has 11 nitrogen and oxygen atoms in total. The lowest BCUT2D eigenvalue weighted by molar-refractivity contribution is -0.161. The predicted molar refractivity (Wildman–Crippen MR) is 334 cm³/mol. The number of phosphoric acid groups is 1. The van der Waals surface area contributed by atoms with E-state index in [1.165, 1.54) is 70.6 Å². The SMILES string of the molecule is CC/C=C\C/C=C\C/C=C\C/C=C\C/C=C\CCCCCC(=O)OCC(COP(=O)(O)OCC(CO)OC(=O)CCCCCCCCCCCCCCCCC)OC(=O)CCCCCCCC/C=C\C/C=C\C/C=C\C/C=C\CC. The van der Waals surface area contributed by atoms with Gasteiger partial charge in [0, 0.05) is 19.3 Å². The molecule has 80 heavy (non-hydrogen) atoms. The summed E-state index contributed by atoms with van der Waals surface area (Å²) in [6.07, 6.45) is 74.6. The Kier molecular flexibility index (Phi) is 58.3. The summed E-state index contributed by atoms with van der Waals surface area (Å²) in [5, 5.41) is 9.85. The summed E-state index contributed by atoms with van der Waals surface area (Å²) in [7, 11) is -4.77. The molecule has 0 rings (SSSR count). The van der Waals surface area contributed by atoms with Crippen molar-refractivity contribution in [2.75, 3.05) is 26.4 Å². The van der Waals surface area contributed by atoms with E-state index in [0.717, 1.165) is 135 Å². The number of phosphoric ester groups is 1. The van der Waals surface area contributed by atoms with Gasteiger partial charge in [0.15, 0.2) is 6.10 Å². The molecule has 0 aliphatic rings. The molecule has 2 N–H and O–H groups in total. The Hall–Kier alpha value is -3.86. The lowest BCUT2D eigenvalue weighted by Gasteiger charge is -2.21. The minimum atomic E-state index is -4.77. The van der Waals surface area contributed by atoms with Crippen LogP contribution < -0.4 is 0 Å². The topological polar surface area (TPSA) is 155 Å². The third-order valence-electron chi connectivity index (χ3n) is 13.2. The number of aliphatic hydroxyl groups is 1. The van der Waals surface area contributed by atoms with Crippen LogP contribution in [0.5, 0.6) is 0 Å². The van der Waals surface area contributed by atoms with Crippen molar-refractivity contribution in [3.8, 4) is 0 Å². The molecule has 0 aliphatic carbocycles. The molecule has 0 aromatic rings. The van der Waals surface area contributed by atoms with Gasteiger partial charge in [-0.05, 0) is 103 Å². The number of rotatable bonds is 58. The number of ether oxygens (including phenoxy) is 3. The number of unbranched alkanes of at least 4 members (excludes halogenated alkanes) is 23. The molecule has 0 amide bonds. The van der Waals surface area contributed by atoms with E-state index in [-0.39, 0.29) is 25.9 Å². The standard InChI is InChI=1S/C68H115O11P/c1-4-7-10-13-16-19-22-25-28-30-32-34-37-39-42-45-48-51-54-57-66(70)75-61-65(79-68(72)59-56-53-50-47-44-41-38-35-33-31-29-26-23-20-17-14-11-8-5-2)63-77-80(73,74)76-62-64(60-69)78-67(71)58-55-52-49-46-43-40-36-27-24-21-18-15-12-9-6-3/h7-8,10-11,16-17,19-20,25-26,28-29,32-35,39,42,64-65,69H,4-6,9,12-15,18,21-24,27,30-31,36-38,40-41,43-63H2,1-3H3,(H,73,74)/b10-7-,11-8-,19-16-,20-17-,28-25-,29-26-,34-32-,35-33-,42-39-. The van der Waals surface area contributed by atoms with Crippen molar-refractivity contribution in [3.63, 3.8) is 0 Å². The van der Waals surface area contributed by atoms with E-state index in [0.29, 0.717) is 19.3 Å². The molecule has 0 saturated heterocycles. The van der Waals surface area contributed by atoms with Crippen LogP contribution in [0.15, 0.2) is 109 Å². The minimum absolute atomic E-state index is 0.139. The molecular weight excluding hydrogens is 1020 g/mol. The second kappa shape index (κ2) is 61.2. The van der Waals surface area contributed by atoms with E-state index in [9.17, 15) is 28.9 Å². The first kappa shape index (κ1) is 76.1. The number of aliphatic hydroxyl groups excluding tert-OH is 1. The minimum Gasteiger partial charge on any atom is -0.462 e. The summed E-state index contributed by atoms with van der Waals surface area (Å²) in [5.74, 6) is -1.52. The van der Waals surface area contributed by atoms with Gasteiger partial charge in [0.05, 0.1) is 19.8 Å². The summed E-state index contributed by atoms with van der Waals surface area (Å²) < 4.78 is 39.6. The third-order valence-corrected chi connectivity index (χ3v) is 14.1. The molecule has 3 unspecified atom stereocenters. The van der Waals surface area contributed by atoms with Crippen molar-refractivity contribution in [1.29, 1.82) is 0 Å². The van der Waals surface area contributed by atoms with Gasteiger partial charge in [-0.3, -0.25) is 23.4 Å². The fraction of sp³-hybridized carbons (Fsp3) is 0.691. The number of allylic oxidation sites excluding steroid dienone is 18. The first-order valence-electron chi connectivity index (χ1n) is 31.8. The van der Waals surface area contributed by atoms with E-state index in [1.54, 1.807) is 0 Å². The maximum atomic E-state index is 13.0. The lowest BCUT2D eigenvalue weighted by Crippen LogP contribution is -2.30. The molecule has 0 fully saturated rings. The Bertz CT molecular complexity index is 1760. The summed E-state index contributed by atoms with van der Waals surface area (Å²) in [6, 6.07) is 0. The summed E-state index contributed by atoms with van der Waals surface area (Å²) in [5.41, 5.74) is 0. The van der Waals surface area contributed by atoms with Gasteiger partial charge in [0.2, 0.25) is 0 Å². The fourth-order valence-corrected chi connectivity index (χ4v) is 9.22. The van der Waals surface area contributed by atoms with Crippen molar-refractivity contribution in [3.05, 3.63) is 109 Å². The molecule has 3 atom stereocenters. The monoisotopic (exact) mass is 1140 g/mol. The molecule has 0 aromatic heterocycles. The van der Waals surface area contributed by atoms with Gasteiger partial charge in [-0.2, -0.15) is 0 Å². The van der Waals surface area contributed by atoms with Crippen molar-refractivity contribution >= 4 is 25.7 Å².